The van der Waals surface area contributed by atoms with E-state index in [1.807, 2.05) is 42.6 Å². The molecule has 0 fully saturated rings. The zero-order chi connectivity index (χ0) is 18.2. The first kappa shape index (κ1) is 18.5. The number of pyridine rings is 1. The molecule has 0 aliphatic heterocycles. The van der Waals surface area contributed by atoms with E-state index in [1.54, 1.807) is 23.9 Å². The van der Waals surface area contributed by atoms with Crippen LogP contribution >= 0.6 is 11.8 Å². The summed E-state index contributed by atoms with van der Waals surface area (Å²) in [6.45, 7) is 0.121. The summed E-state index contributed by atoms with van der Waals surface area (Å²) in [4.78, 5) is 17.6. The van der Waals surface area contributed by atoms with E-state index in [4.69, 9.17) is 4.74 Å². The number of ether oxygens (including phenoxy) is 1. The molecular weight excluding hydrogens is 409 g/mol. The Morgan fingerprint density at radius 1 is 1.12 bits per heavy atom. The van der Waals surface area contributed by atoms with E-state index in [0.717, 1.165) is 10.8 Å². The first-order valence-corrected chi connectivity index (χ1v) is 11.3. The standard InChI is InChI=1S/C21H17NO2SSe/c1-25-19-15-22-18-12-6-5-11-17(18)20(19)26-14-8-7-13-24-21(23)16-9-3-2-4-10-16/h2-6,9-12,15H,13-14H2,1H3. The average molecular weight is 426 g/mol. The van der Waals surface area contributed by atoms with Gasteiger partial charge in [0.15, 0.2) is 0 Å². The number of carbonyl (C=O) groups is 1. The quantitative estimate of drug-likeness (QED) is 0.271. The van der Waals surface area contributed by atoms with Gasteiger partial charge in [0.05, 0.1) is 0 Å². The molecule has 0 N–H and O–H groups in total. The monoisotopic (exact) mass is 427 g/mol. The van der Waals surface area contributed by atoms with E-state index in [1.165, 1.54) is 14.7 Å². The molecule has 0 saturated heterocycles. The number of hydrogen-bond acceptors (Lipinski definition) is 4. The predicted molar refractivity (Wildman–Crippen MR) is 108 cm³/mol. The minimum atomic E-state index is -0.338. The zero-order valence-electron chi connectivity index (χ0n) is 14.3. The van der Waals surface area contributed by atoms with Gasteiger partial charge in [0.25, 0.3) is 0 Å². The second kappa shape index (κ2) is 9.45. The molecule has 0 aliphatic carbocycles. The number of benzene rings is 2. The second-order valence-corrected chi connectivity index (χ2v) is 8.17. The van der Waals surface area contributed by atoms with Gasteiger partial charge >= 0.3 is 164 Å². The van der Waals surface area contributed by atoms with E-state index in [9.17, 15) is 4.79 Å². The molecule has 0 spiro atoms. The summed E-state index contributed by atoms with van der Waals surface area (Å²) < 4.78 is 6.51. The fourth-order valence-corrected chi connectivity index (χ4v) is 5.41. The van der Waals surface area contributed by atoms with Crippen molar-refractivity contribution >= 4 is 48.1 Å². The van der Waals surface area contributed by atoms with Crippen LogP contribution in [-0.2, 0) is 4.74 Å². The third-order valence-electron chi connectivity index (χ3n) is 3.61. The number of carbonyl (C=O) groups excluding carboxylic acids is 1. The maximum atomic E-state index is 11.8. The number of thioether (sulfide) groups is 1. The van der Waals surface area contributed by atoms with Crippen LogP contribution in [0.2, 0.25) is 5.32 Å². The van der Waals surface area contributed by atoms with Crippen LogP contribution in [0, 0.1) is 11.8 Å². The molecule has 130 valence electrons. The maximum absolute atomic E-state index is 11.8. The Kier molecular flexibility index (Phi) is 6.74. The molecule has 5 heteroatoms. The zero-order valence-corrected chi connectivity index (χ0v) is 16.8. The Bertz CT molecular complexity index is 964. The van der Waals surface area contributed by atoms with E-state index in [0.29, 0.717) is 5.56 Å². The summed E-state index contributed by atoms with van der Waals surface area (Å²) >= 11 is 1.94. The van der Waals surface area contributed by atoms with Crippen molar-refractivity contribution in [1.29, 1.82) is 0 Å². The number of fused-ring (bicyclic) bond motifs is 1. The summed E-state index contributed by atoms with van der Waals surface area (Å²) in [6.07, 6.45) is 4.01. The SMILES string of the molecule is CSc1cnc2ccccc2c1[Se]CC#CCOC(=O)c1ccccc1. The molecule has 0 unspecified atom stereocenters. The molecule has 3 rings (SSSR count). The van der Waals surface area contributed by atoms with Crippen LogP contribution in [0.1, 0.15) is 10.4 Å². The molecule has 3 nitrogen and oxygen atoms in total. The van der Waals surface area contributed by atoms with Crippen molar-refractivity contribution in [2.45, 2.75) is 10.2 Å². The van der Waals surface area contributed by atoms with Crippen LogP contribution in [0.4, 0.5) is 0 Å². The van der Waals surface area contributed by atoms with Gasteiger partial charge in [0.1, 0.15) is 0 Å². The van der Waals surface area contributed by atoms with Crippen LogP contribution in [0.3, 0.4) is 0 Å². The van der Waals surface area contributed by atoms with Crippen molar-refractivity contribution in [1.82, 2.24) is 4.98 Å². The van der Waals surface area contributed by atoms with Crippen molar-refractivity contribution in [3.05, 3.63) is 66.4 Å². The summed E-state index contributed by atoms with van der Waals surface area (Å²) in [5.41, 5.74) is 1.57. The van der Waals surface area contributed by atoms with Gasteiger partial charge in [0, 0.05) is 0 Å². The van der Waals surface area contributed by atoms with E-state index in [-0.39, 0.29) is 27.5 Å². The number of rotatable bonds is 5. The number of esters is 1. The summed E-state index contributed by atoms with van der Waals surface area (Å²) in [6, 6.07) is 17.2. The molecule has 1 heterocycles. The van der Waals surface area contributed by atoms with Gasteiger partial charge in [-0.2, -0.15) is 0 Å². The van der Waals surface area contributed by atoms with Gasteiger partial charge < -0.3 is 0 Å². The molecule has 0 bridgehead atoms. The first-order chi connectivity index (χ1) is 12.8. The minimum absolute atomic E-state index is 0.121. The third-order valence-corrected chi connectivity index (χ3v) is 6.79. The molecule has 0 aliphatic rings. The van der Waals surface area contributed by atoms with Crippen molar-refractivity contribution < 1.29 is 9.53 Å². The van der Waals surface area contributed by atoms with Crippen molar-refractivity contribution in [3.63, 3.8) is 0 Å². The molecule has 0 atom stereocenters. The molecule has 2 aromatic carbocycles. The molecule has 0 radical (unpaired) electrons. The number of aromatic nitrogens is 1. The van der Waals surface area contributed by atoms with Crippen LogP contribution < -0.4 is 4.46 Å². The molecule has 26 heavy (non-hydrogen) atoms. The van der Waals surface area contributed by atoms with E-state index >= 15 is 0 Å². The fourth-order valence-electron chi connectivity index (χ4n) is 2.36. The Morgan fingerprint density at radius 2 is 1.88 bits per heavy atom. The number of nitrogens with zero attached hydrogens (tertiary/aromatic N) is 1. The summed E-state index contributed by atoms with van der Waals surface area (Å²) in [5.74, 6) is 5.73. The van der Waals surface area contributed by atoms with Crippen LogP contribution in [0.15, 0.2) is 65.7 Å². The number of hydrogen-bond donors (Lipinski definition) is 0. The second-order valence-electron chi connectivity index (χ2n) is 5.26. The van der Waals surface area contributed by atoms with Gasteiger partial charge in [-0.1, -0.05) is 0 Å². The van der Waals surface area contributed by atoms with E-state index in [2.05, 4.69) is 29.1 Å². The Labute approximate surface area is 163 Å². The van der Waals surface area contributed by atoms with Gasteiger partial charge in [-0.3, -0.25) is 0 Å². The van der Waals surface area contributed by atoms with Gasteiger partial charge in [0.2, 0.25) is 0 Å². The van der Waals surface area contributed by atoms with Crippen molar-refractivity contribution in [2.75, 3.05) is 12.9 Å². The van der Waals surface area contributed by atoms with Crippen molar-refractivity contribution in [2.24, 2.45) is 0 Å². The average Bonchev–Trinajstić information content (AvgIpc) is 2.70. The summed E-state index contributed by atoms with van der Waals surface area (Å²) in [7, 11) is 0. The normalized spacial score (nSPS) is 10.2. The molecular formula is C21H17NO2SSe. The van der Waals surface area contributed by atoms with Gasteiger partial charge in [-0.25, -0.2) is 0 Å². The fraction of sp³-hybridized carbons (Fsp3) is 0.143. The Morgan fingerprint density at radius 3 is 2.69 bits per heavy atom. The molecule has 1 aromatic heterocycles. The van der Waals surface area contributed by atoms with Gasteiger partial charge in [-0.15, -0.1) is 0 Å². The topological polar surface area (TPSA) is 39.2 Å². The van der Waals surface area contributed by atoms with Crippen LogP contribution in [-0.4, -0.2) is 38.8 Å². The Balaban J connectivity index is 1.58. The Hall–Kier alpha value is -2.25. The summed E-state index contributed by atoms with van der Waals surface area (Å²) in [5, 5.41) is 1.98. The number of para-hydroxylation sites is 1. The van der Waals surface area contributed by atoms with Crippen molar-refractivity contribution in [3.8, 4) is 11.8 Å². The van der Waals surface area contributed by atoms with E-state index < -0.39 is 0 Å². The first-order valence-electron chi connectivity index (χ1n) is 8.02. The van der Waals surface area contributed by atoms with Crippen LogP contribution in [0.5, 0.6) is 0 Å². The molecule has 0 saturated carbocycles. The third kappa shape index (κ3) is 4.68. The predicted octanol–water partition coefficient (Wildman–Crippen LogP) is 3.56. The van der Waals surface area contributed by atoms with Gasteiger partial charge in [-0.05, 0) is 0 Å². The van der Waals surface area contributed by atoms with Crippen LogP contribution in [0.25, 0.3) is 10.9 Å². The molecule has 0 amide bonds. The molecule has 3 aromatic rings.